The molecule has 0 saturated carbocycles. The van der Waals surface area contributed by atoms with Crippen LogP contribution in [0.15, 0.2) is 0 Å². The van der Waals surface area contributed by atoms with E-state index in [0.29, 0.717) is 32.8 Å². The molecule has 0 radical (unpaired) electrons. The summed E-state index contributed by atoms with van der Waals surface area (Å²) >= 11 is 0. The van der Waals surface area contributed by atoms with Crippen LogP contribution in [0.4, 0.5) is 0 Å². The van der Waals surface area contributed by atoms with Crippen molar-refractivity contribution in [1.82, 2.24) is 15.1 Å². The van der Waals surface area contributed by atoms with Crippen LogP contribution in [-0.2, 0) is 14.3 Å². The van der Waals surface area contributed by atoms with Crippen molar-refractivity contribution in [2.24, 2.45) is 0 Å². The maximum Gasteiger partial charge on any atom is 0.244 e. The SMILES string of the molecule is CCOC[C@H](O)CN1CCN(C(=O)[C@@H](C)NC(C)=O)CC1. The van der Waals surface area contributed by atoms with Crippen molar-refractivity contribution in [3.63, 3.8) is 0 Å². The summed E-state index contributed by atoms with van der Waals surface area (Å²) in [6.45, 7) is 9.17. The summed E-state index contributed by atoms with van der Waals surface area (Å²) in [4.78, 5) is 27.0. The molecule has 0 spiro atoms. The molecule has 0 unspecified atom stereocenters. The number of amides is 2. The van der Waals surface area contributed by atoms with E-state index >= 15 is 0 Å². The molecular formula is C14H27N3O4. The first-order valence-corrected chi connectivity index (χ1v) is 7.48. The minimum absolute atomic E-state index is 0.0558. The number of nitrogens with one attached hydrogen (secondary N) is 1. The molecule has 0 bridgehead atoms. The summed E-state index contributed by atoms with van der Waals surface area (Å²) in [5.74, 6) is -0.256. The molecule has 1 aliphatic rings. The van der Waals surface area contributed by atoms with E-state index in [1.807, 2.05) is 6.92 Å². The normalized spacial score (nSPS) is 19.1. The largest absolute Gasteiger partial charge is 0.389 e. The predicted molar refractivity (Wildman–Crippen MR) is 78.8 cm³/mol. The fourth-order valence-corrected chi connectivity index (χ4v) is 2.40. The molecule has 0 aliphatic carbocycles. The van der Waals surface area contributed by atoms with Crippen LogP contribution in [0.2, 0.25) is 0 Å². The van der Waals surface area contributed by atoms with Crippen molar-refractivity contribution in [3.05, 3.63) is 0 Å². The summed E-state index contributed by atoms with van der Waals surface area (Å²) in [6.07, 6.45) is -0.495. The van der Waals surface area contributed by atoms with Gasteiger partial charge >= 0.3 is 0 Å². The number of nitrogens with zero attached hydrogens (tertiary/aromatic N) is 2. The van der Waals surface area contributed by atoms with Crippen LogP contribution in [-0.4, -0.2) is 84.8 Å². The van der Waals surface area contributed by atoms with Crippen molar-refractivity contribution in [3.8, 4) is 0 Å². The standard InChI is InChI=1S/C14H27N3O4/c1-4-21-10-13(19)9-16-5-7-17(8-6-16)14(20)11(2)15-12(3)18/h11,13,19H,4-10H2,1-3H3,(H,15,18)/t11-,13-/m1/s1. The third-order valence-corrected chi connectivity index (χ3v) is 3.46. The highest BCUT2D eigenvalue weighted by molar-refractivity contribution is 5.86. The van der Waals surface area contributed by atoms with E-state index in [2.05, 4.69) is 10.2 Å². The molecule has 122 valence electrons. The first-order chi connectivity index (χ1) is 9.93. The van der Waals surface area contributed by atoms with Crippen molar-refractivity contribution in [2.45, 2.75) is 32.9 Å². The van der Waals surface area contributed by atoms with Gasteiger partial charge in [0.2, 0.25) is 11.8 Å². The molecule has 0 aromatic carbocycles. The lowest BCUT2D eigenvalue weighted by Crippen LogP contribution is -2.55. The molecule has 1 heterocycles. The Morgan fingerprint density at radius 1 is 1.29 bits per heavy atom. The summed E-state index contributed by atoms with van der Waals surface area (Å²) in [5.41, 5.74) is 0. The summed E-state index contributed by atoms with van der Waals surface area (Å²) in [6, 6.07) is -0.488. The number of hydrogen-bond donors (Lipinski definition) is 2. The second kappa shape index (κ2) is 8.96. The van der Waals surface area contributed by atoms with E-state index in [4.69, 9.17) is 4.74 Å². The molecule has 2 atom stereocenters. The van der Waals surface area contributed by atoms with E-state index < -0.39 is 12.1 Å². The zero-order chi connectivity index (χ0) is 15.8. The Labute approximate surface area is 126 Å². The Hall–Kier alpha value is -1.18. The van der Waals surface area contributed by atoms with Crippen LogP contribution in [0, 0.1) is 0 Å². The zero-order valence-corrected chi connectivity index (χ0v) is 13.2. The third kappa shape index (κ3) is 6.41. The number of hydrogen-bond acceptors (Lipinski definition) is 5. The van der Waals surface area contributed by atoms with Crippen LogP contribution in [0.5, 0.6) is 0 Å². The lowest BCUT2D eigenvalue weighted by atomic mass is 10.2. The molecular weight excluding hydrogens is 274 g/mol. The van der Waals surface area contributed by atoms with Gasteiger partial charge in [-0.25, -0.2) is 0 Å². The number of carbonyl (C=O) groups excluding carboxylic acids is 2. The highest BCUT2D eigenvalue weighted by Gasteiger charge is 2.25. The van der Waals surface area contributed by atoms with Gasteiger partial charge in [-0.3, -0.25) is 14.5 Å². The van der Waals surface area contributed by atoms with Gasteiger partial charge in [-0.15, -0.1) is 0 Å². The number of ether oxygens (including phenoxy) is 1. The Kier molecular flexibility index (Phi) is 7.63. The lowest BCUT2D eigenvalue weighted by molar-refractivity contribution is -0.137. The van der Waals surface area contributed by atoms with Crippen molar-refractivity contribution >= 4 is 11.8 Å². The average molecular weight is 301 g/mol. The number of piperazine rings is 1. The van der Waals surface area contributed by atoms with Crippen LogP contribution in [0.25, 0.3) is 0 Å². The van der Waals surface area contributed by atoms with E-state index in [1.165, 1.54) is 6.92 Å². The smallest absolute Gasteiger partial charge is 0.244 e. The van der Waals surface area contributed by atoms with Crippen molar-refractivity contribution in [2.75, 3.05) is 45.9 Å². The maximum absolute atomic E-state index is 12.1. The molecule has 7 heteroatoms. The monoisotopic (exact) mass is 301 g/mol. The van der Waals surface area contributed by atoms with Gasteiger partial charge in [-0.05, 0) is 13.8 Å². The van der Waals surface area contributed by atoms with Gasteiger partial charge in [0.15, 0.2) is 0 Å². The molecule has 1 saturated heterocycles. The van der Waals surface area contributed by atoms with Gasteiger partial charge in [0.25, 0.3) is 0 Å². The Balaban J connectivity index is 2.31. The molecule has 7 nitrogen and oxygen atoms in total. The molecule has 0 aromatic heterocycles. The average Bonchev–Trinajstić information content (AvgIpc) is 2.44. The van der Waals surface area contributed by atoms with Crippen LogP contribution < -0.4 is 5.32 Å². The molecule has 21 heavy (non-hydrogen) atoms. The maximum atomic E-state index is 12.1. The van der Waals surface area contributed by atoms with Crippen LogP contribution in [0.1, 0.15) is 20.8 Å². The minimum Gasteiger partial charge on any atom is -0.389 e. The summed E-state index contributed by atoms with van der Waals surface area (Å²) in [5, 5.41) is 12.4. The van der Waals surface area contributed by atoms with Crippen molar-refractivity contribution < 1.29 is 19.4 Å². The molecule has 1 aliphatic heterocycles. The quantitative estimate of drug-likeness (QED) is 0.634. The third-order valence-electron chi connectivity index (χ3n) is 3.46. The Morgan fingerprint density at radius 2 is 1.90 bits per heavy atom. The van der Waals surface area contributed by atoms with Crippen molar-refractivity contribution in [1.29, 1.82) is 0 Å². The van der Waals surface area contributed by atoms with E-state index in [9.17, 15) is 14.7 Å². The minimum atomic E-state index is -0.495. The topological polar surface area (TPSA) is 82.1 Å². The van der Waals surface area contributed by atoms with E-state index in [0.717, 1.165) is 13.1 Å². The first-order valence-electron chi connectivity index (χ1n) is 7.48. The number of carbonyl (C=O) groups is 2. The van der Waals surface area contributed by atoms with Gasteiger partial charge in [0.05, 0.1) is 12.7 Å². The molecule has 2 N–H and O–H groups in total. The number of β-amino-alcohol motifs (C(OH)–C–C–N with tert-alkyl or cyclic N) is 1. The molecule has 1 fully saturated rings. The molecule has 0 aromatic rings. The second-order valence-corrected chi connectivity index (χ2v) is 5.36. The molecule has 2 amide bonds. The van der Waals surface area contributed by atoms with Gasteiger partial charge in [0, 0.05) is 46.3 Å². The van der Waals surface area contributed by atoms with Gasteiger partial charge in [-0.1, -0.05) is 0 Å². The van der Waals surface area contributed by atoms with E-state index in [1.54, 1.807) is 11.8 Å². The fraction of sp³-hybridized carbons (Fsp3) is 0.857. The van der Waals surface area contributed by atoms with Crippen LogP contribution in [0.3, 0.4) is 0 Å². The summed E-state index contributed by atoms with van der Waals surface area (Å²) < 4.78 is 5.18. The summed E-state index contributed by atoms with van der Waals surface area (Å²) in [7, 11) is 0. The van der Waals surface area contributed by atoms with Gasteiger partial charge in [0.1, 0.15) is 6.04 Å². The number of rotatable bonds is 7. The van der Waals surface area contributed by atoms with Gasteiger partial charge in [-0.2, -0.15) is 0 Å². The second-order valence-electron chi connectivity index (χ2n) is 5.36. The van der Waals surface area contributed by atoms with E-state index in [-0.39, 0.29) is 11.8 Å². The van der Waals surface area contributed by atoms with Crippen LogP contribution >= 0.6 is 0 Å². The molecule has 1 rings (SSSR count). The first kappa shape index (κ1) is 17.9. The highest BCUT2D eigenvalue weighted by Crippen LogP contribution is 2.05. The fourth-order valence-electron chi connectivity index (χ4n) is 2.40. The predicted octanol–water partition coefficient (Wildman–Crippen LogP) is -0.947. The Bertz CT molecular complexity index is 343. The lowest BCUT2D eigenvalue weighted by Gasteiger charge is -2.36. The zero-order valence-electron chi connectivity index (χ0n) is 13.2. The highest BCUT2D eigenvalue weighted by atomic mass is 16.5. The number of aliphatic hydroxyl groups is 1. The Morgan fingerprint density at radius 3 is 2.43 bits per heavy atom. The van der Waals surface area contributed by atoms with Gasteiger partial charge < -0.3 is 20.1 Å². The number of aliphatic hydroxyl groups excluding tert-OH is 1.